The molecule has 0 atom stereocenters. The average Bonchev–Trinajstić information content (AvgIpc) is 2.69. The number of carbonyl (C=O) groups is 2. The fourth-order valence-electron chi connectivity index (χ4n) is 1.88. The molecule has 0 saturated heterocycles. The summed E-state index contributed by atoms with van der Waals surface area (Å²) in [5.74, 6) is -2.16. The summed E-state index contributed by atoms with van der Waals surface area (Å²) >= 11 is 20.4. The standard InChI is InChI=1S/C8H7ClN2O4.C7H5ClN2O4.BBr3/c1-15-6-3-4(8(10)12)2-5(7(6)9)11(13)14;8-6-4(10(13)14)1-3(7(9)12)2-5(6)11;2-1(3)4/h2-3H,1H3,(H2,10,12);1-2,11H,(H2,9,12);. The molecule has 12 nitrogen and oxygen atoms in total. The van der Waals surface area contributed by atoms with E-state index in [1.807, 2.05) is 0 Å². The van der Waals surface area contributed by atoms with E-state index in [2.05, 4.69) is 47.3 Å². The third-order valence-electron chi connectivity index (χ3n) is 3.24. The Morgan fingerprint density at radius 3 is 1.64 bits per heavy atom. The van der Waals surface area contributed by atoms with E-state index in [-0.39, 0.29) is 25.1 Å². The third kappa shape index (κ3) is 10.1. The smallest absolute Gasteiger partial charge is 0.369 e. The van der Waals surface area contributed by atoms with Crippen LogP contribution in [0.1, 0.15) is 20.7 Å². The Balaban J connectivity index is 0.000000536. The van der Waals surface area contributed by atoms with Gasteiger partial charge in [0.1, 0.15) is 11.5 Å². The molecule has 18 heteroatoms. The maximum atomic E-state index is 10.9. The number of aromatic hydroxyl groups is 1. The molecule has 2 amide bonds. The molecule has 2 aromatic rings. The minimum absolute atomic E-state index is 0.0250. The van der Waals surface area contributed by atoms with Crippen molar-refractivity contribution in [2.45, 2.75) is 0 Å². The molecule has 0 saturated carbocycles. The van der Waals surface area contributed by atoms with Crippen LogP contribution in [0, 0.1) is 20.2 Å². The largest absolute Gasteiger partial charge is 0.506 e. The normalized spacial score (nSPS) is 9.39. The molecule has 0 aliphatic heterocycles. The highest BCUT2D eigenvalue weighted by Crippen LogP contribution is 2.35. The van der Waals surface area contributed by atoms with Gasteiger partial charge in [-0.2, -0.15) is 0 Å². The molecule has 0 aliphatic rings. The van der Waals surface area contributed by atoms with Gasteiger partial charge in [0.2, 0.25) is 11.8 Å². The van der Waals surface area contributed by atoms with Crippen LogP contribution in [-0.4, -0.2) is 37.1 Å². The summed E-state index contributed by atoms with van der Waals surface area (Å²) in [7, 11) is 1.29. The van der Waals surface area contributed by atoms with Crippen molar-refractivity contribution < 1.29 is 29.3 Å². The van der Waals surface area contributed by atoms with E-state index in [1.54, 1.807) is 0 Å². The van der Waals surface area contributed by atoms with Crippen molar-refractivity contribution in [1.29, 1.82) is 0 Å². The van der Waals surface area contributed by atoms with Crippen LogP contribution in [0.5, 0.6) is 11.5 Å². The number of ether oxygens (including phenoxy) is 1. The summed E-state index contributed by atoms with van der Waals surface area (Å²) in [5.41, 5.74) is 8.72. The van der Waals surface area contributed by atoms with Crippen molar-refractivity contribution in [3.8, 4) is 11.5 Å². The van der Waals surface area contributed by atoms with Gasteiger partial charge in [0.25, 0.3) is 11.4 Å². The van der Waals surface area contributed by atoms with E-state index in [0.29, 0.717) is 0 Å². The number of nitro benzene ring substituents is 2. The molecule has 0 unspecified atom stereocenters. The molecule has 0 aliphatic carbocycles. The van der Waals surface area contributed by atoms with Gasteiger partial charge in [0.15, 0.2) is 10.0 Å². The number of carbonyl (C=O) groups excluding carboxylic acids is 2. The topological polar surface area (TPSA) is 202 Å². The van der Waals surface area contributed by atoms with Gasteiger partial charge in [-0.25, -0.2) is 0 Å². The van der Waals surface area contributed by atoms with Crippen LogP contribution in [0.15, 0.2) is 24.3 Å². The highest BCUT2D eigenvalue weighted by molar-refractivity contribution is 9.69. The van der Waals surface area contributed by atoms with Gasteiger partial charge in [0, 0.05) is 23.3 Å². The van der Waals surface area contributed by atoms with Gasteiger partial charge in [-0.05, 0) is 12.1 Å². The molecule has 2 aromatic carbocycles. The zero-order valence-corrected chi connectivity index (χ0v) is 22.4. The predicted octanol–water partition coefficient (Wildman–Crippen LogP) is 4.56. The Labute approximate surface area is 220 Å². The van der Waals surface area contributed by atoms with Crippen molar-refractivity contribution >= 4 is 96.8 Å². The van der Waals surface area contributed by atoms with Gasteiger partial charge >= 0.3 is 3.18 Å². The number of phenols is 1. The van der Waals surface area contributed by atoms with Crippen molar-refractivity contribution in [3.05, 3.63) is 65.7 Å². The van der Waals surface area contributed by atoms with E-state index in [9.17, 15) is 29.8 Å². The van der Waals surface area contributed by atoms with E-state index in [0.717, 1.165) is 18.2 Å². The van der Waals surface area contributed by atoms with Crippen molar-refractivity contribution in [3.63, 3.8) is 0 Å². The summed E-state index contributed by atoms with van der Waals surface area (Å²) in [4.78, 5) is 41.0. The van der Waals surface area contributed by atoms with Crippen molar-refractivity contribution in [1.82, 2.24) is 0 Å². The number of hydrogen-bond acceptors (Lipinski definition) is 8. The van der Waals surface area contributed by atoms with Crippen LogP contribution in [0.3, 0.4) is 0 Å². The number of benzene rings is 2. The lowest BCUT2D eigenvalue weighted by atomic mass is 10.2. The number of nitro groups is 2. The molecule has 33 heavy (non-hydrogen) atoms. The highest BCUT2D eigenvalue weighted by atomic mass is 79.9. The number of nitrogens with zero attached hydrogens (tertiary/aromatic N) is 2. The van der Waals surface area contributed by atoms with Gasteiger partial charge in [-0.1, -0.05) is 23.2 Å². The van der Waals surface area contributed by atoms with Gasteiger partial charge in [0.05, 0.1) is 17.0 Å². The zero-order valence-electron chi connectivity index (χ0n) is 16.1. The predicted molar refractivity (Wildman–Crippen MR) is 134 cm³/mol. The van der Waals surface area contributed by atoms with Crippen molar-refractivity contribution in [2.75, 3.05) is 7.11 Å². The van der Waals surface area contributed by atoms with E-state index in [1.165, 1.54) is 13.2 Å². The fourth-order valence-corrected chi connectivity index (χ4v) is 2.31. The number of hydrogen-bond donors (Lipinski definition) is 3. The lowest BCUT2D eigenvalue weighted by Gasteiger charge is -2.05. The Bertz CT molecular complexity index is 1080. The number of nitrogens with two attached hydrogens (primary N) is 2. The lowest BCUT2D eigenvalue weighted by Crippen LogP contribution is -2.11. The molecule has 0 fully saturated rings. The third-order valence-corrected chi connectivity index (χ3v) is 4.00. The molecule has 0 radical (unpaired) electrons. The van der Waals surface area contributed by atoms with Crippen LogP contribution in [0.2, 0.25) is 10.0 Å². The first-order valence-electron chi connectivity index (χ1n) is 7.84. The number of primary amides is 2. The Kier molecular flexibility index (Phi) is 13.3. The summed E-state index contributed by atoms with van der Waals surface area (Å²) in [6, 6.07) is 4.13. The first-order chi connectivity index (χ1) is 15.1. The molecule has 0 spiro atoms. The average molecular weight is 698 g/mol. The summed E-state index contributed by atoms with van der Waals surface area (Å²) in [6.45, 7) is 0. The second-order valence-electron chi connectivity index (χ2n) is 5.33. The molecule has 0 bridgehead atoms. The van der Waals surface area contributed by atoms with Crippen LogP contribution < -0.4 is 16.2 Å². The first-order valence-corrected chi connectivity index (χ1v) is 11.3. The molecule has 178 valence electrons. The van der Waals surface area contributed by atoms with Crippen molar-refractivity contribution in [2.24, 2.45) is 11.5 Å². The Morgan fingerprint density at radius 1 is 0.939 bits per heavy atom. The second-order valence-corrected chi connectivity index (χ2v) is 12.5. The number of rotatable bonds is 5. The minimum atomic E-state index is -0.875. The lowest BCUT2D eigenvalue weighted by molar-refractivity contribution is -0.384. The van der Waals surface area contributed by atoms with Gasteiger partial charge < -0.3 is 21.3 Å². The highest BCUT2D eigenvalue weighted by Gasteiger charge is 2.21. The fraction of sp³-hybridized carbons (Fsp3) is 0.0667. The number of halogens is 5. The van der Waals surface area contributed by atoms with Crippen LogP contribution >= 0.6 is 70.5 Å². The van der Waals surface area contributed by atoms with Gasteiger partial charge in [-0.15, -0.1) is 47.3 Å². The van der Waals surface area contributed by atoms with Crippen LogP contribution in [0.4, 0.5) is 11.4 Å². The second kappa shape index (κ2) is 14.2. The Morgan fingerprint density at radius 2 is 1.30 bits per heavy atom. The Hall–Kier alpha value is -2.14. The molecule has 5 N–H and O–H groups in total. The van der Waals surface area contributed by atoms with E-state index >= 15 is 0 Å². The summed E-state index contributed by atoms with van der Waals surface area (Å²) in [5, 5.41) is 29.5. The quantitative estimate of drug-likeness (QED) is 0.229. The van der Waals surface area contributed by atoms with Crippen LogP contribution in [0.25, 0.3) is 0 Å². The monoisotopic (exact) mass is 694 g/mol. The summed E-state index contributed by atoms with van der Waals surface area (Å²) in [6.07, 6.45) is 0. The molecule has 0 heterocycles. The number of phenolic OH excluding ortho intramolecular Hbond substituents is 1. The minimum Gasteiger partial charge on any atom is -0.506 e. The number of methoxy groups -OCH3 is 1. The zero-order chi connectivity index (χ0) is 26.0. The molecular weight excluding hydrogens is 686 g/mol. The first kappa shape index (κ1) is 30.9. The van der Waals surface area contributed by atoms with Crippen LogP contribution in [-0.2, 0) is 0 Å². The molecule has 0 aromatic heterocycles. The van der Waals surface area contributed by atoms with E-state index < -0.39 is 43.8 Å². The molecule has 2 rings (SSSR count). The molecular formula is C15H12BBr3Cl2N4O8. The maximum Gasteiger partial charge on any atom is 0.369 e. The summed E-state index contributed by atoms with van der Waals surface area (Å²) < 4.78 is 5.05. The van der Waals surface area contributed by atoms with Gasteiger partial charge in [-0.3, -0.25) is 29.8 Å². The maximum absolute atomic E-state index is 10.9. The SMILES string of the molecule is BrB(Br)Br.COc1cc(C(N)=O)cc([N+](=O)[O-])c1Cl.NC(=O)c1cc(O)c(Cl)c([N+](=O)[O-])c1. The van der Waals surface area contributed by atoms with E-state index in [4.69, 9.17) is 44.5 Å². The number of amides is 2.